The van der Waals surface area contributed by atoms with Crippen LogP contribution < -0.4 is 14.8 Å². The van der Waals surface area contributed by atoms with Crippen molar-refractivity contribution in [1.82, 2.24) is 5.32 Å². The SMILES string of the molecule is Cl.O=C1N[C@H](c2cccc3c2OCCO3)C(F)(F)CO1. The first-order valence-corrected chi connectivity index (χ1v) is 5.77. The Morgan fingerprint density at radius 3 is 2.75 bits per heavy atom. The highest BCUT2D eigenvalue weighted by Gasteiger charge is 2.48. The van der Waals surface area contributed by atoms with Crippen molar-refractivity contribution in [3.63, 3.8) is 0 Å². The van der Waals surface area contributed by atoms with Crippen LogP contribution in [0.3, 0.4) is 0 Å². The Morgan fingerprint density at radius 2 is 1.95 bits per heavy atom. The van der Waals surface area contributed by atoms with E-state index in [-0.39, 0.29) is 30.3 Å². The fourth-order valence-electron chi connectivity index (χ4n) is 2.14. The molecule has 5 nitrogen and oxygen atoms in total. The van der Waals surface area contributed by atoms with E-state index in [0.717, 1.165) is 0 Å². The number of carbonyl (C=O) groups excluding carboxylic acids is 1. The van der Waals surface area contributed by atoms with Crippen LogP contribution in [0.2, 0.25) is 0 Å². The maximum Gasteiger partial charge on any atom is 0.408 e. The Hall–Kier alpha value is -1.76. The minimum atomic E-state index is -3.20. The molecule has 0 aliphatic carbocycles. The van der Waals surface area contributed by atoms with Gasteiger partial charge in [0.1, 0.15) is 19.3 Å². The number of rotatable bonds is 1. The van der Waals surface area contributed by atoms with E-state index in [1.165, 1.54) is 6.07 Å². The zero-order valence-electron chi connectivity index (χ0n) is 10.2. The van der Waals surface area contributed by atoms with Crippen molar-refractivity contribution in [3.8, 4) is 11.5 Å². The second kappa shape index (κ2) is 5.32. The van der Waals surface area contributed by atoms with Gasteiger partial charge in [-0.05, 0) is 6.07 Å². The van der Waals surface area contributed by atoms with Gasteiger partial charge in [-0.25, -0.2) is 13.6 Å². The number of hydrogen-bond acceptors (Lipinski definition) is 4. The van der Waals surface area contributed by atoms with Gasteiger partial charge in [0.15, 0.2) is 18.1 Å². The maximum atomic E-state index is 13.9. The number of amides is 1. The fraction of sp³-hybridized carbons (Fsp3) is 0.417. The highest BCUT2D eigenvalue weighted by Crippen LogP contribution is 2.43. The van der Waals surface area contributed by atoms with Crippen molar-refractivity contribution in [1.29, 1.82) is 0 Å². The van der Waals surface area contributed by atoms with E-state index in [0.29, 0.717) is 12.4 Å². The lowest BCUT2D eigenvalue weighted by atomic mass is 9.98. The molecule has 1 atom stereocenters. The van der Waals surface area contributed by atoms with Crippen LogP contribution in [0.15, 0.2) is 18.2 Å². The summed E-state index contributed by atoms with van der Waals surface area (Å²) in [5.74, 6) is -2.55. The molecule has 2 heterocycles. The third-order valence-corrected chi connectivity index (χ3v) is 2.99. The van der Waals surface area contributed by atoms with Gasteiger partial charge in [0.05, 0.1) is 0 Å². The Kier molecular flexibility index (Phi) is 3.89. The number of ether oxygens (including phenoxy) is 3. The van der Waals surface area contributed by atoms with Crippen LogP contribution >= 0.6 is 12.4 Å². The summed E-state index contributed by atoms with van der Waals surface area (Å²) in [6, 6.07) is 3.22. The minimum absolute atomic E-state index is 0. The molecule has 2 aliphatic rings. The van der Waals surface area contributed by atoms with Gasteiger partial charge in [0.25, 0.3) is 0 Å². The lowest BCUT2D eigenvalue weighted by molar-refractivity contribution is -0.104. The molecule has 3 rings (SSSR count). The number of fused-ring (bicyclic) bond motifs is 1. The van der Waals surface area contributed by atoms with Gasteiger partial charge in [0, 0.05) is 5.56 Å². The van der Waals surface area contributed by atoms with Gasteiger partial charge in [-0.3, -0.25) is 0 Å². The maximum absolute atomic E-state index is 13.9. The van der Waals surface area contributed by atoms with Crippen molar-refractivity contribution in [3.05, 3.63) is 23.8 Å². The summed E-state index contributed by atoms with van der Waals surface area (Å²) >= 11 is 0. The highest BCUT2D eigenvalue weighted by molar-refractivity contribution is 5.85. The number of carbonyl (C=O) groups is 1. The first-order chi connectivity index (χ1) is 9.08. The van der Waals surface area contributed by atoms with E-state index in [1.54, 1.807) is 12.1 Å². The molecule has 1 fully saturated rings. The minimum Gasteiger partial charge on any atom is -0.486 e. The average Bonchev–Trinajstić information content (AvgIpc) is 2.41. The Bertz CT molecular complexity index is 526. The average molecular weight is 308 g/mol. The molecule has 1 aromatic carbocycles. The van der Waals surface area contributed by atoms with E-state index < -0.39 is 24.7 Å². The van der Waals surface area contributed by atoms with E-state index in [2.05, 4.69) is 10.1 Å². The largest absolute Gasteiger partial charge is 0.486 e. The molecule has 0 unspecified atom stereocenters. The molecule has 0 saturated carbocycles. The Morgan fingerprint density at radius 1 is 1.20 bits per heavy atom. The van der Waals surface area contributed by atoms with Gasteiger partial charge in [-0.1, -0.05) is 12.1 Å². The predicted molar refractivity (Wildman–Crippen MR) is 66.9 cm³/mol. The second-order valence-electron chi connectivity index (χ2n) is 4.29. The summed E-state index contributed by atoms with van der Waals surface area (Å²) in [6.45, 7) is -0.298. The fourth-order valence-corrected chi connectivity index (χ4v) is 2.14. The van der Waals surface area contributed by atoms with Crippen LogP contribution in [0.4, 0.5) is 13.6 Å². The number of halogens is 3. The Balaban J connectivity index is 0.00000147. The van der Waals surface area contributed by atoms with Crippen molar-refractivity contribution < 1.29 is 27.8 Å². The molecule has 1 saturated heterocycles. The first kappa shape index (κ1) is 14.6. The number of benzene rings is 1. The lowest BCUT2D eigenvalue weighted by Gasteiger charge is -2.33. The molecule has 20 heavy (non-hydrogen) atoms. The molecule has 0 radical (unpaired) electrons. The summed E-state index contributed by atoms with van der Waals surface area (Å²) in [7, 11) is 0. The van der Waals surface area contributed by atoms with Crippen LogP contribution in [0.1, 0.15) is 11.6 Å². The van der Waals surface area contributed by atoms with Gasteiger partial charge in [-0.15, -0.1) is 12.4 Å². The van der Waals surface area contributed by atoms with Crippen molar-refractivity contribution in [2.24, 2.45) is 0 Å². The lowest BCUT2D eigenvalue weighted by Crippen LogP contribution is -2.49. The molecule has 0 spiro atoms. The number of para-hydroxylation sites is 1. The molecule has 2 aliphatic heterocycles. The topological polar surface area (TPSA) is 56.8 Å². The van der Waals surface area contributed by atoms with E-state index >= 15 is 0 Å². The van der Waals surface area contributed by atoms with Crippen molar-refractivity contribution in [2.45, 2.75) is 12.0 Å². The predicted octanol–water partition coefficient (Wildman–Crippen LogP) is 2.30. The number of alkyl carbamates (subject to hydrolysis) is 1. The molecule has 1 aromatic rings. The zero-order chi connectivity index (χ0) is 13.5. The Labute approximate surface area is 119 Å². The summed E-state index contributed by atoms with van der Waals surface area (Å²) in [4.78, 5) is 11.2. The van der Waals surface area contributed by atoms with E-state index in [9.17, 15) is 13.6 Å². The van der Waals surface area contributed by atoms with Crippen LogP contribution in [-0.4, -0.2) is 31.8 Å². The molecular weight excluding hydrogens is 296 g/mol. The van der Waals surface area contributed by atoms with E-state index in [1.807, 2.05) is 0 Å². The molecule has 1 amide bonds. The molecule has 8 heteroatoms. The third kappa shape index (κ3) is 2.45. The molecule has 0 aromatic heterocycles. The summed E-state index contributed by atoms with van der Waals surface area (Å²) in [6.07, 6.45) is -0.870. The molecular formula is C12H12ClF2NO4. The normalized spacial score (nSPS) is 23.1. The van der Waals surface area contributed by atoms with Gasteiger partial charge >= 0.3 is 12.0 Å². The standard InChI is InChI=1S/C12H11F2NO4.ClH/c13-12(14)6-19-11(16)15-10(12)7-2-1-3-8-9(7)18-5-4-17-8;/h1-3,10H,4-6H2,(H,15,16);1H/t10-;/m1./s1. The quantitative estimate of drug-likeness (QED) is 0.865. The molecule has 0 bridgehead atoms. The van der Waals surface area contributed by atoms with Crippen LogP contribution in [0.5, 0.6) is 11.5 Å². The number of hydrogen-bond donors (Lipinski definition) is 1. The number of nitrogens with one attached hydrogen (secondary N) is 1. The highest BCUT2D eigenvalue weighted by atomic mass is 35.5. The monoisotopic (exact) mass is 307 g/mol. The van der Waals surface area contributed by atoms with Crippen LogP contribution in [0, 0.1) is 0 Å². The number of alkyl halides is 2. The van der Waals surface area contributed by atoms with Crippen molar-refractivity contribution in [2.75, 3.05) is 19.8 Å². The zero-order valence-corrected chi connectivity index (χ0v) is 11.0. The smallest absolute Gasteiger partial charge is 0.408 e. The summed E-state index contributed by atoms with van der Waals surface area (Å²) in [5, 5.41) is 2.13. The number of cyclic esters (lactones) is 1. The van der Waals surface area contributed by atoms with Crippen LogP contribution in [-0.2, 0) is 4.74 Å². The van der Waals surface area contributed by atoms with Crippen LogP contribution in [0.25, 0.3) is 0 Å². The van der Waals surface area contributed by atoms with Gasteiger partial charge < -0.3 is 19.5 Å². The second-order valence-corrected chi connectivity index (χ2v) is 4.29. The van der Waals surface area contributed by atoms with E-state index in [4.69, 9.17) is 9.47 Å². The summed E-state index contributed by atoms with van der Waals surface area (Å²) in [5.41, 5.74) is 0.193. The summed E-state index contributed by atoms with van der Waals surface area (Å²) < 4.78 is 42.8. The van der Waals surface area contributed by atoms with Crippen molar-refractivity contribution >= 4 is 18.5 Å². The first-order valence-electron chi connectivity index (χ1n) is 5.77. The molecule has 1 N–H and O–H groups in total. The van der Waals surface area contributed by atoms with Gasteiger partial charge in [0.2, 0.25) is 0 Å². The third-order valence-electron chi connectivity index (χ3n) is 2.99. The molecule has 110 valence electrons. The van der Waals surface area contributed by atoms with Gasteiger partial charge in [-0.2, -0.15) is 0 Å².